The Morgan fingerprint density at radius 3 is 2.87 bits per heavy atom. The van der Waals surface area contributed by atoms with Crippen LogP contribution in [0.2, 0.25) is 0 Å². The number of rotatable bonds is 10. The summed E-state index contributed by atoms with van der Waals surface area (Å²) in [5.41, 5.74) is 6.09. The highest BCUT2D eigenvalue weighted by Gasteiger charge is 2.58. The van der Waals surface area contributed by atoms with E-state index in [1.165, 1.54) is 12.8 Å². The maximum Gasteiger partial charge on any atom is 0.319 e. The van der Waals surface area contributed by atoms with Gasteiger partial charge in [-0.25, -0.2) is 4.79 Å². The van der Waals surface area contributed by atoms with E-state index >= 15 is 0 Å². The minimum Gasteiger partial charge on any atom is -0.481 e. The van der Waals surface area contributed by atoms with E-state index in [1.54, 1.807) is 0 Å². The van der Waals surface area contributed by atoms with Crippen molar-refractivity contribution in [2.24, 2.45) is 5.73 Å². The molecular weight excluding hydrogens is 314 g/mol. The average molecular weight is 343 g/mol. The molecule has 0 aromatic heterocycles. The summed E-state index contributed by atoms with van der Waals surface area (Å²) in [6.45, 7) is 2.88. The van der Waals surface area contributed by atoms with Gasteiger partial charge in [-0.3, -0.25) is 4.79 Å². The molecule has 0 spiro atoms. The first-order valence-electron chi connectivity index (χ1n) is 8.70. The zero-order valence-corrected chi connectivity index (χ0v) is 14.7. The van der Waals surface area contributed by atoms with Crippen LogP contribution in [0.1, 0.15) is 58.3 Å². The molecule has 2 aliphatic heterocycles. The van der Waals surface area contributed by atoms with Crippen LogP contribution in [0.5, 0.6) is 0 Å². The molecule has 7 heteroatoms. The van der Waals surface area contributed by atoms with E-state index in [2.05, 4.69) is 12.2 Å². The molecule has 3 atom stereocenters. The van der Waals surface area contributed by atoms with Gasteiger partial charge in [-0.2, -0.15) is 11.8 Å². The fourth-order valence-electron chi connectivity index (χ4n) is 3.54. The van der Waals surface area contributed by atoms with Crippen LogP contribution in [0.4, 0.5) is 4.79 Å². The first-order valence-corrected chi connectivity index (χ1v) is 9.75. The van der Waals surface area contributed by atoms with Crippen LogP contribution in [0.25, 0.3) is 0 Å². The number of carboxylic acid groups (broad SMARTS) is 1. The maximum absolute atomic E-state index is 12.3. The minimum absolute atomic E-state index is 0.00986. The summed E-state index contributed by atoms with van der Waals surface area (Å²) in [6, 6.07) is -0.0273. The summed E-state index contributed by atoms with van der Waals surface area (Å²) >= 11 is 1.81. The number of hydrogen-bond donors (Lipinski definition) is 3. The molecule has 0 bridgehead atoms. The van der Waals surface area contributed by atoms with Gasteiger partial charge in [0.05, 0.1) is 6.04 Å². The number of hydrogen-bond acceptors (Lipinski definition) is 4. The van der Waals surface area contributed by atoms with Crippen molar-refractivity contribution >= 4 is 23.8 Å². The summed E-state index contributed by atoms with van der Waals surface area (Å²) in [5, 5.41) is 12.0. The lowest BCUT2D eigenvalue weighted by Gasteiger charge is -2.38. The van der Waals surface area contributed by atoms with Crippen LogP contribution in [0, 0.1) is 0 Å². The Balaban J connectivity index is 1.91. The van der Waals surface area contributed by atoms with Gasteiger partial charge in [-0.15, -0.1) is 0 Å². The zero-order chi connectivity index (χ0) is 16.9. The molecule has 2 aliphatic rings. The molecule has 2 amide bonds. The Morgan fingerprint density at radius 2 is 2.17 bits per heavy atom. The van der Waals surface area contributed by atoms with Gasteiger partial charge in [-0.1, -0.05) is 32.6 Å². The highest BCUT2D eigenvalue weighted by molar-refractivity contribution is 8.00. The minimum atomic E-state index is -0.750. The van der Waals surface area contributed by atoms with Crippen molar-refractivity contribution in [1.82, 2.24) is 10.2 Å². The van der Waals surface area contributed by atoms with Gasteiger partial charge < -0.3 is 21.1 Å². The largest absolute Gasteiger partial charge is 0.481 e. The Morgan fingerprint density at radius 1 is 1.39 bits per heavy atom. The second-order valence-electron chi connectivity index (χ2n) is 6.56. The molecule has 23 heavy (non-hydrogen) atoms. The van der Waals surface area contributed by atoms with E-state index in [9.17, 15) is 9.59 Å². The number of nitrogens with two attached hydrogens (primary N) is 1. The fraction of sp³-hybridized carbons (Fsp3) is 0.875. The standard InChI is InChI=1S/C16H29N3O3S/c1-2-3-4-7-10-19-15(22)18-12-11-23-13(16(12,19)17)8-5-6-9-14(20)21/h12-13H,2-11,17H2,1H3,(H,18,22)(H,20,21)/t12?,13-,16?/m0/s1. The number of aliphatic carboxylic acids is 1. The number of fused-ring (bicyclic) bond motifs is 1. The molecule has 4 N–H and O–H groups in total. The summed E-state index contributed by atoms with van der Waals surface area (Å²) in [6.07, 6.45) is 7.05. The number of amides is 2. The third kappa shape index (κ3) is 4.12. The van der Waals surface area contributed by atoms with Crippen molar-refractivity contribution < 1.29 is 14.7 Å². The molecule has 2 unspecified atom stereocenters. The molecule has 0 aromatic rings. The molecule has 2 rings (SSSR count). The second kappa shape index (κ2) is 8.24. The molecule has 2 fully saturated rings. The van der Waals surface area contributed by atoms with Gasteiger partial charge >= 0.3 is 12.0 Å². The number of carbonyl (C=O) groups excluding carboxylic acids is 1. The first kappa shape index (κ1) is 18.4. The topological polar surface area (TPSA) is 95.7 Å². The van der Waals surface area contributed by atoms with Crippen LogP contribution in [0.15, 0.2) is 0 Å². The summed E-state index contributed by atoms with van der Waals surface area (Å²) in [5.74, 6) is 0.0942. The number of urea groups is 1. The molecule has 0 aromatic carbocycles. The Hall–Kier alpha value is -0.950. The van der Waals surface area contributed by atoms with Crippen LogP contribution in [-0.4, -0.2) is 51.3 Å². The van der Waals surface area contributed by atoms with Gasteiger partial charge in [0, 0.05) is 24.0 Å². The van der Waals surface area contributed by atoms with Gasteiger partial charge in [0.1, 0.15) is 5.66 Å². The Labute approximate surface area is 142 Å². The van der Waals surface area contributed by atoms with Gasteiger partial charge in [-0.05, 0) is 19.3 Å². The number of unbranched alkanes of at least 4 members (excludes halogenated alkanes) is 4. The second-order valence-corrected chi connectivity index (χ2v) is 7.80. The van der Waals surface area contributed by atoms with E-state index < -0.39 is 11.6 Å². The Kier molecular flexibility index (Phi) is 6.59. The lowest BCUT2D eigenvalue weighted by atomic mass is 9.94. The number of thioether (sulfide) groups is 1. The molecule has 0 aliphatic carbocycles. The third-order valence-electron chi connectivity index (χ3n) is 4.89. The van der Waals surface area contributed by atoms with Gasteiger partial charge in [0.25, 0.3) is 0 Å². The van der Waals surface area contributed by atoms with Crippen LogP contribution in [0.3, 0.4) is 0 Å². The quantitative estimate of drug-likeness (QED) is 0.418. The smallest absolute Gasteiger partial charge is 0.319 e. The molecule has 0 radical (unpaired) electrons. The lowest BCUT2D eigenvalue weighted by Crippen LogP contribution is -2.63. The predicted molar refractivity (Wildman–Crippen MR) is 92.4 cm³/mol. The monoisotopic (exact) mass is 343 g/mol. The summed E-state index contributed by atoms with van der Waals surface area (Å²) < 4.78 is 0. The number of nitrogens with zero attached hydrogens (tertiary/aromatic N) is 1. The highest BCUT2D eigenvalue weighted by Crippen LogP contribution is 2.42. The Bertz CT molecular complexity index is 435. The predicted octanol–water partition coefficient (Wildman–Crippen LogP) is 2.38. The van der Waals surface area contributed by atoms with Crippen molar-refractivity contribution in [3.63, 3.8) is 0 Å². The molecule has 2 heterocycles. The average Bonchev–Trinajstić information content (AvgIpc) is 2.92. The van der Waals surface area contributed by atoms with Crippen LogP contribution < -0.4 is 11.1 Å². The van der Waals surface area contributed by atoms with Crippen molar-refractivity contribution in [1.29, 1.82) is 0 Å². The van der Waals surface area contributed by atoms with Gasteiger partial charge in [0.2, 0.25) is 0 Å². The van der Waals surface area contributed by atoms with E-state index in [0.29, 0.717) is 13.0 Å². The highest BCUT2D eigenvalue weighted by atomic mass is 32.2. The summed E-state index contributed by atoms with van der Waals surface area (Å²) in [4.78, 5) is 24.7. The number of nitrogens with one attached hydrogen (secondary N) is 1. The number of carbonyl (C=O) groups is 2. The van der Waals surface area contributed by atoms with Crippen molar-refractivity contribution in [3.8, 4) is 0 Å². The van der Waals surface area contributed by atoms with Gasteiger partial charge in [0.15, 0.2) is 0 Å². The normalized spacial score (nSPS) is 29.7. The van der Waals surface area contributed by atoms with Crippen molar-refractivity contribution in [2.75, 3.05) is 12.3 Å². The van der Waals surface area contributed by atoms with E-state index in [1.807, 2.05) is 16.7 Å². The van der Waals surface area contributed by atoms with E-state index in [-0.39, 0.29) is 23.7 Å². The maximum atomic E-state index is 12.3. The third-order valence-corrected chi connectivity index (χ3v) is 6.43. The first-order chi connectivity index (χ1) is 11.0. The zero-order valence-electron chi connectivity index (χ0n) is 13.9. The van der Waals surface area contributed by atoms with Crippen LogP contribution in [-0.2, 0) is 4.79 Å². The van der Waals surface area contributed by atoms with E-state index in [0.717, 1.165) is 31.4 Å². The molecule has 132 valence electrons. The summed E-state index contributed by atoms with van der Waals surface area (Å²) in [7, 11) is 0. The van der Waals surface area contributed by atoms with Crippen molar-refractivity contribution in [3.05, 3.63) is 0 Å². The number of carboxylic acids is 1. The van der Waals surface area contributed by atoms with E-state index in [4.69, 9.17) is 10.8 Å². The SMILES string of the molecule is CCCCCCN1C(=O)NC2CS[C@@H](CCCCC(=O)O)C21N. The molecule has 6 nitrogen and oxygen atoms in total. The van der Waals surface area contributed by atoms with Crippen LogP contribution >= 0.6 is 11.8 Å². The molecular formula is C16H29N3O3S. The molecule has 0 saturated carbocycles. The van der Waals surface area contributed by atoms with Crippen molar-refractivity contribution in [2.45, 2.75) is 75.2 Å². The lowest BCUT2D eigenvalue weighted by molar-refractivity contribution is -0.137. The molecule has 2 saturated heterocycles. The fourth-order valence-corrected chi connectivity index (χ4v) is 5.21.